The van der Waals surface area contributed by atoms with Crippen molar-refractivity contribution in [3.8, 4) is 23.0 Å². The predicted octanol–water partition coefficient (Wildman–Crippen LogP) is 9.83. The Bertz CT molecular complexity index is 2410. The summed E-state index contributed by atoms with van der Waals surface area (Å²) in [4.78, 5) is 47.4. The van der Waals surface area contributed by atoms with Gasteiger partial charge in [0.1, 0.15) is 75.9 Å². The Balaban J connectivity index is 1.56. The van der Waals surface area contributed by atoms with Gasteiger partial charge in [0, 0.05) is 35.4 Å². The van der Waals surface area contributed by atoms with Gasteiger partial charge in [-0.1, -0.05) is 94.1 Å². The predicted molar refractivity (Wildman–Crippen MR) is 252 cm³/mol. The molecule has 0 aromatic heterocycles. The van der Waals surface area contributed by atoms with Gasteiger partial charge >= 0.3 is 23.9 Å². The maximum Gasteiger partial charge on any atom is 0.330 e. The molecule has 0 unspecified atom stereocenters. The fraction of sp³-hybridized carbons (Fsp3) is 0.296. The van der Waals surface area contributed by atoms with E-state index in [4.69, 9.17) is 37.9 Å². The molecule has 0 N–H and O–H groups in total. The number of rotatable bonds is 24. The zero-order chi connectivity index (χ0) is 46.9. The fourth-order valence-corrected chi connectivity index (χ4v) is 8.39. The first-order valence-corrected chi connectivity index (χ1v) is 22.0. The Morgan fingerprint density at radius 2 is 0.894 bits per heavy atom. The summed E-state index contributed by atoms with van der Waals surface area (Å²) in [5.74, 6) is 0.419. The second kappa shape index (κ2) is 23.5. The first-order chi connectivity index (χ1) is 32.1. The highest BCUT2D eigenvalue weighted by Crippen LogP contribution is 2.52. The van der Waals surface area contributed by atoms with Gasteiger partial charge in [-0.25, -0.2) is 19.2 Å². The van der Waals surface area contributed by atoms with Gasteiger partial charge in [-0.2, -0.15) is 0 Å². The molecule has 0 aliphatic heterocycles. The zero-order valence-corrected chi connectivity index (χ0v) is 37.4. The first-order valence-electron chi connectivity index (χ1n) is 22.0. The molecule has 0 radical (unpaired) electrons. The molecule has 66 heavy (non-hydrogen) atoms. The van der Waals surface area contributed by atoms with Gasteiger partial charge in [-0.05, 0) is 94.8 Å². The fourth-order valence-electron chi connectivity index (χ4n) is 8.39. The lowest BCUT2D eigenvalue weighted by Gasteiger charge is -2.37. The van der Waals surface area contributed by atoms with Crippen LogP contribution in [0.4, 0.5) is 0 Å². The van der Waals surface area contributed by atoms with E-state index in [1.54, 1.807) is 0 Å². The van der Waals surface area contributed by atoms with Crippen molar-refractivity contribution in [1.82, 2.24) is 0 Å². The van der Waals surface area contributed by atoms with Crippen molar-refractivity contribution in [3.05, 3.63) is 158 Å². The summed E-state index contributed by atoms with van der Waals surface area (Å²) < 4.78 is 46.2. The quantitative estimate of drug-likeness (QED) is 0.0191. The van der Waals surface area contributed by atoms with Gasteiger partial charge in [0.05, 0.1) is 5.41 Å². The molecule has 12 heteroatoms. The molecule has 1 saturated carbocycles. The Morgan fingerprint density at radius 3 is 1.29 bits per heavy atom. The topological polar surface area (TPSA) is 142 Å². The smallest absolute Gasteiger partial charge is 0.330 e. The molecular formula is C54H56O12. The van der Waals surface area contributed by atoms with E-state index in [1.165, 1.54) is 24.8 Å². The van der Waals surface area contributed by atoms with Crippen molar-refractivity contribution < 1.29 is 57.1 Å². The highest BCUT2D eigenvalue weighted by atomic mass is 16.6. The van der Waals surface area contributed by atoms with Crippen LogP contribution in [0.3, 0.4) is 0 Å². The summed E-state index contributed by atoms with van der Waals surface area (Å²) in [6, 6.07) is 27.9. The van der Waals surface area contributed by atoms with Gasteiger partial charge in [0.15, 0.2) is 0 Å². The second-order valence-corrected chi connectivity index (χ2v) is 15.6. The number of hydrogen-bond acceptors (Lipinski definition) is 12. The van der Waals surface area contributed by atoms with E-state index in [-0.39, 0.29) is 52.9 Å². The van der Waals surface area contributed by atoms with Crippen molar-refractivity contribution in [2.45, 2.75) is 50.4 Å². The van der Waals surface area contributed by atoms with Gasteiger partial charge in [-0.15, -0.1) is 0 Å². The van der Waals surface area contributed by atoms with Gasteiger partial charge in [-0.3, -0.25) is 0 Å². The standard InChI is InChI=1S/C54H56O12/c1-6-48(55)63-31-27-59-42-21-23-44-39(35-42)17-25-46(61-29-33-65-50(57)8-3)52(44)54(5,41-19-15-38(16-20-41)37-13-11-10-12-14-37)53-45-24-22-43(60-28-32-64-49(56)7-2)36-40(45)18-26-47(53)62-30-34-66-51(58)9-4/h6-9,15-26,35-37H,1-4,10-14,27-34H2,5H3. The summed E-state index contributed by atoms with van der Waals surface area (Å²) in [6.07, 6.45) is 10.3. The van der Waals surface area contributed by atoms with E-state index < -0.39 is 29.3 Å². The normalized spacial score (nSPS) is 12.6. The molecule has 0 spiro atoms. The number of hydrogen-bond donors (Lipinski definition) is 0. The summed E-state index contributed by atoms with van der Waals surface area (Å²) in [5.41, 5.74) is 2.71. The second-order valence-electron chi connectivity index (χ2n) is 15.6. The summed E-state index contributed by atoms with van der Waals surface area (Å²) in [7, 11) is 0. The Labute approximate surface area is 385 Å². The van der Waals surface area contributed by atoms with Crippen molar-refractivity contribution in [2.24, 2.45) is 0 Å². The Hall–Kier alpha value is -7.34. The van der Waals surface area contributed by atoms with E-state index in [0.29, 0.717) is 28.9 Å². The number of benzene rings is 5. The minimum absolute atomic E-state index is 0.0278. The van der Waals surface area contributed by atoms with Crippen LogP contribution in [-0.2, 0) is 43.5 Å². The molecule has 0 heterocycles. The summed E-state index contributed by atoms with van der Waals surface area (Å²) in [5, 5.41) is 3.31. The third kappa shape index (κ3) is 12.1. The minimum atomic E-state index is -1.06. The monoisotopic (exact) mass is 896 g/mol. The Kier molecular flexibility index (Phi) is 17.2. The highest BCUT2D eigenvalue weighted by Gasteiger charge is 2.40. The average Bonchev–Trinajstić information content (AvgIpc) is 3.36. The molecule has 6 rings (SSSR count). The maximum absolute atomic E-state index is 12.1. The van der Waals surface area contributed by atoms with Crippen LogP contribution < -0.4 is 18.9 Å². The molecule has 12 nitrogen and oxygen atoms in total. The van der Waals surface area contributed by atoms with E-state index in [1.807, 2.05) is 60.7 Å². The Morgan fingerprint density at radius 1 is 0.500 bits per heavy atom. The number of carbonyl (C=O) groups is 4. The van der Waals surface area contributed by atoms with Gasteiger partial charge in [0.2, 0.25) is 0 Å². The van der Waals surface area contributed by atoms with E-state index in [9.17, 15) is 19.2 Å². The van der Waals surface area contributed by atoms with Crippen LogP contribution in [-0.4, -0.2) is 76.7 Å². The first kappa shape index (κ1) is 48.1. The lowest BCUT2D eigenvalue weighted by atomic mass is 9.67. The molecule has 1 aliphatic carbocycles. The lowest BCUT2D eigenvalue weighted by Crippen LogP contribution is -2.29. The number of carbonyl (C=O) groups excluding carboxylic acids is 4. The molecule has 1 fully saturated rings. The largest absolute Gasteiger partial charge is 0.490 e. The number of ether oxygens (including phenoxy) is 8. The van der Waals surface area contributed by atoms with E-state index >= 15 is 0 Å². The van der Waals surface area contributed by atoms with Crippen LogP contribution in [0.25, 0.3) is 21.5 Å². The van der Waals surface area contributed by atoms with Gasteiger partial charge in [0.25, 0.3) is 0 Å². The van der Waals surface area contributed by atoms with Crippen molar-refractivity contribution in [2.75, 3.05) is 52.9 Å². The van der Waals surface area contributed by atoms with Crippen LogP contribution in [0, 0.1) is 0 Å². The summed E-state index contributed by atoms with van der Waals surface area (Å²) in [6.45, 7) is 16.4. The van der Waals surface area contributed by atoms with Crippen LogP contribution in [0.1, 0.15) is 67.2 Å². The molecule has 0 bridgehead atoms. The molecule has 5 aromatic rings. The number of fused-ring (bicyclic) bond motifs is 2. The average molecular weight is 897 g/mol. The van der Waals surface area contributed by atoms with Crippen molar-refractivity contribution >= 4 is 45.4 Å². The lowest BCUT2D eigenvalue weighted by molar-refractivity contribution is -0.139. The molecule has 0 saturated heterocycles. The van der Waals surface area contributed by atoms with Crippen LogP contribution >= 0.6 is 0 Å². The van der Waals surface area contributed by atoms with Crippen LogP contribution in [0.5, 0.6) is 23.0 Å². The zero-order valence-electron chi connectivity index (χ0n) is 37.4. The summed E-state index contributed by atoms with van der Waals surface area (Å²) >= 11 is 0. The van der Waals surface area contributed by atoms with Crippen molar-refractivity contribution in [1.29, 1.82) is 0 Å². The molecule has 5 aromatic carbocycles. The molecule has 344 valence electrons. The van der Waals surface area contributed by atoms with E-state index in [0.717, 1.165) is 75.4 Å². The minimum Gasteiger partial charge on any atom is -0.490 e. The molecule has 0 atom stereocenters. The highest BCUT2D eigenvalue weighted by molar-refractivity contribution is 5.96. The number of esters is 4. The third-order valence-corrected chi connectivity index (χ3v) is 11.5. The van der Waals surface area contributed by atoms with Crippen molar-refractivity contribution in [3.63, 3.8) is 0 Å². The third-order valence-electron chi connectivity index (χ3n) is 11.5. The van der Waals surface area contributed by atoms with E-state index in [2.05, 4.69) is 57.5 Å². The molecule has 1 aliphatic rings. The van der Waals surface area contributed by atoms with Crippen LogP contribution in [0.2, 0.25) is 0 Å². The van der Waals surface area contributed by atoms with Gasteiger partial charge < -0.3 is 37.9 Å². The molecular weight excluding hydrogens is 841 g/mol. The SMILES string of the molecule is C=CC(=O)OCCOc1ccc2c(C(C)(c3ccc(C4CCCCC4)cc3)c3c(OCCOC(=O)C=C)ccc4cc(OCCOC(=O)C=C)ccc34)c(OCCOC(=O)C=C)ccc2c1. The maximum atomic E-state index is 12.1. The van der Waals surface area contributed by atoms with Crippen LogP contribution in [0.15, 0.2) is 136 Å². The molecule has 0 amide bonds.